The smallest absolute Gasteiger partial charge is 0.261 e. The molecule has 3 aromatic rings. The number of benzene rings is 3. The van der Waals surface area contributed by atoms with Crippen molar-refractivity contribution in [3.8, 4) is 5.75 Å². The zero-order valence-corrected chi connectivity index (χ0v) is 21.6. The van der Waals surface area contributed by atoms with Crippen LogP contribution in [-0.2, 0) is 29.0 Å². The van der Waals surface area contributed by atoms with Gasteiger partial charge in [0.2, 0.25) is 5.91 Å². The first-order valence-corrected chi connectivity index (χ1v) is 12.3. The SMILES string of the molecule is CCc1ccc(OCC(=O)N(Cc2ccccc2Cl)[C@H](Cc2ccccc2)C(=O)NC)c(Br)c1. The average molecular weight is 544 g/mol. The van der Waals surface area contributed by atoms with E-state index in [0.29, 0.717) is 17.2 Å². The van der Waals surface area contributed by atoms with Gasteiger partial charge in [0.25, 0.3) is 5.91 Å². The van der Waals surface area contributed by atoms with Crippen molar-refractivity contribution in [1.82, 2.24) is 10.2 Å². The quantitative estimate of drug-likeness (QED) is 0.371. The third-order valence-corrected chi connectivity index (χ3v) is 6.56. The second-order valence-electron chi connectivity index (χ2n) is 7.84. The third-order valence-electron chi connectivity index (χ3n) is 5.57. The molecule has 0 unspecified atom stereocenters. The van der Waals surface area contributed by atoms with Crippen molar-refractivity contribution in [2.75, 3.05) is 13.7 Å². The highest BCUT2D eigenvalue weighted by Crippen LogP contribution is 2.27. The van der Waals surface area contributed by atoms with Gasteiger partial charge in [0, 0.05) is 25.0 Å². The molecule has 1 N–H and O–H groups in total. The summed E-state index contributed by atoms with van der Waals surface area (Å²) in [6, 6.07) is 22.0. The number of carbonyl (C=O) groups is 2. The average Bonchev–Trinajstić information content (AvgIpc) is 2.86. The highest BCUT2D eigenvalue weighted by Gasteiger charge is 2.30. The summed E-state index contributed by atoms with van der Waals surface area (Å²) in [5, 5.41) is 3.24. The van der Waals surface area contributed by atoms with Crippen LogP contribution in [0.3, 0.4) is 0 Å². The molecule has 7 heteroatoms. The molecule has 3 aromatic carbocycles. The van der Waals surface area contributed by atoms with E-state index in [1.54, 1.807) is 18.0 Å². The van der Waals surface area contributed by atoms with E-state index in [2.05, 4.69) is 28.2 Å². The lowest BCUT2D eigenvalue weighted by atomic mass is 10.0. The van der Waals surface area contributed by atoms with E-state index < -0.39 is 6.04 Å². The maximum Gasteiger partial charge on any atom is 0.261 e. The number of ether oxygens (including phenoxy) is 1. The van der Waals surface area contributed by atoms with E-state index in [1.165, 1.54) is 0 Å². The molecule has 178 valence electrons. The van der Waals surface area contributed by atoms with Crippen LogP contribution in [0.2, 0.25) is 5.02 Å². The Bertz CT molecular complexity index is 1120. The van der Waals surface area contributed by atoms with Crippen LogP contribution in [0.5, 0.6) is 5.75 Å². The molecular weight excluding hydrogens is 516 g/mol. The first-order chi connectivity index (χ1) is 16.4. The molecule has 0 aliphatic heterocycles. The van der Waals surface area contributed by atoms with Gasteiger partial charge in [-0.1, -0.05) is 73.1 Å². The van der Waals surface area contributed by atoms with Crippen molar-refractivity contribution in [3.05, 3.63) is 99.0 Å². The van der Waals surface area contributed by atoms with Gasteiger partial charge in [0.05, 0.1) is 4.47 Å². The van der Waals surface area contributed by atoms with Crippen LogP contribution in [-0.4, -0.2) is 36.4 Å². The molecule has 34 heavy (non-hydrogen) atoms. The highest BCUT2D eigenvalue weighted by atomic mass is 79.9. The zero-order chi connectivity index (χ0) is 24.5. The second-order valence-corrected chi connectivity index (χ2v) is 9.10. The molecule has 0 aliphatic carbocycles. The van der Waals surface area contributed by atoms with Crippen LogP contribution in [0.25, 0.3) is 0 Å². The minimum Gasteiger partial charge on any atom is -0.483 e. The number of aryl methyl sites for hydroxylation is 1. The predicted molar refractivity (Wildman–Crippen MR) is 139 cm³/mol. The summed E-state index contributed by atoms with van der Waals surface area (Å²) < 4.78 is 6.64. The Balaban J connectivity index is 1.88. The van der Waals surface area contributed by atoms with E-state index in [-0.39, 0.29) is 25.0 Å². The van der Waals surface area contributed by atoms with Crippen LogP contribution < -0.4 is 10.1 Å². The van der Waals surface area contributed by atoms with Gasteiger partial charge >= 0.3 is 0 Å². The van der Waals surface area contributed by atoms with Gasteiger partial charge in [0.15, 0.2) is 6.61 Å². The van der Waals surface area contributed by atoms with Gasteiger partial charge in [-0.15, -0.1) is 0 Å². The maximum atomic E-state index is 13.5. The van der Waals surface area contributed by atoms with Gasteiger partial charge in [0.1, 0.15) is 11.8 Å². The van der Waals surface area contributed by atoms with Crippen molar-refractivity contribution in [2.24, 2.45) is 0 Å². The fourth-order valence-corrected chi connectivity index (χ4v) is 4.37. The number of hydrogen-bond donors (Lipinski definition) is 1. The standard InChI is InChI=1S/C27H28BrClN2O3/c1-3-19-13-14-25(22(28)15-19)34-18-26(32)31(17-21-11-7-8-12-23(21)29)24(27(33)30-2)16-20-9-5-4-6-10-20/h4-15,24H,3,16-18H2,1-2H3,(H,30,33)/t24-/m1/s1. The van der Waals surface area contributed by atoms with Crippen LogP contribution in [0.4, 0.5) is 0 Å². The van der Waals surface area contributed by atoms with Gasteiger partial charge in [-0.25, -0.2) is 0 Å². The molecule has 0 saturated carbocycles. The Hall–Kier alpha value is -2.83. The van der Waals surface area contributed by atoms with Gasteiger partial charge < -0.3 is 15.0 Å². The molecule has 0 radical (unpaired) electrons. The monoisotopic (exact) mass is 542 g/mol. The van der Waals surface area contributed by atoms with Crippen LogP contribution in [0, 0.1) is 0 Å². The van der Waals surface area contributed by atoms with Gasteiger partial charge in [-0.3, -0.25) is 9.59 Å². The molecule has 1 atom stereocenters. The number of nitrogens with one attached hydrogen (secondary N) is 1. The van der Waals surface area contributed by atoms with Gasteiger partial charge in [-0.05, 0) is 57.2 Å². The normalized spacial score (nSPS) is 11.5. The van der Waals surface area contributed by atoms with E-state index in [0.717, 1.165) is 27.6 Å². The zero-order valence-electron chi connectivity index (χ0n) is 19.3. The molecule has 0 saturated heterocycles. The third kappa shape index (κ3) is 6.84. The first-order valence-electron chi connectivity index (χ1n) is 11.1. The van der Waals surface area contributed by atoms with E-state index >= 15 is 0 Å². The van der Waals surface area contributed by atoms with Crippen molar-refractivity contribution < 1.29 is 14.3 Å². The van der Waals surface area contributed by atoms with Crippen molar-refractivity contribution >= 4 is 39.3 Å². The van der Waals surface area contributed by atoms with Crippen molar-refractivity contribution in [2.45, 2.75) is 32.4 Å². The number of halogens is 2. The summed E-state index contributed by atoms with van der Waals surface area (Å²) in [7, 11) is 1.57. The number of amides is 2. The number of carbonyl (C=O) groups excluding carboxylic acids is 2. The summed E-state index contributed by atoms with van der Waals surface area (Å²) in [4.78, 5) is 28.0. The lowest BCUT2D eigenvalue weighted by Gasteiger charge is -2.31. The number of nitrogens with zero attached hydrogens (tertiary/aromatic N) is 1. The summed E-state index contributed by atoms with van der Waals surface area (Å²) in [6.45, 7) is 2.05. The number of rotatable bonds is 10. The minimum atomic E-state index is -0.731. The van der Waals surface area contributed by atoms with Crippen LogP contribution >= 0.6 is 27.5 Å². The Kier molecular flexibility index (Phi) is 9.54. The molecule has 0 spiro atoms. The molecule has 0 aliphatic rings. The largest absolute Gasteiger partial charge is 0.483 e. The lowest BCUT2D eigenvalue weighted by molar-refractivity contribution is -0.142. The van der Waals surface area contributed by atoms with Crippen LogP contribution in [0.1, 0.15) is 23.6 Å². The number of hydrogen-bond acceptors (Lipinski definition) is 3. The van der Waals surface area contributed by atoms with E-state index in [9.17, 15) is 9.59 Å². The molecule has 2 amide bonds. The Morgan fingerprint density at radius 3 is 2.38 bits per heavy atom. The topological polar surface area (TPSA) is 58.6 Å². The second kappa shape index (κ2) is 12.6. The summed E-state index contributed by atoms with van der Waals surface area (Å²) in [5.74, 6) is 0.0106. The maximum absolute atomic E-state index is 13.5. The fraction of sp³-hybridized carbons (Fsp3) is 0.259. The summed E-state index contributed by atoms with van der Waals surface area (Å²) in [6.07, 6.45) is 1.27. The van der Waals surface area contributed by atoms with Crippen molar-refractivity contribution in [3.63, 3.8) is 0 Å². The summed E-state index contributed by atoms with van der Waals surface area (Å²) in [5.41, 5.74) is 2.87. The minimum absolute atomic E-state index is 0.183. The Morgan fingerprint density at radius 1 is 1.03 bits per heavy atom. The molecule has 0 aromatic heterocycles. The molecule has 0 bridgehead atoms. The van der Waals surface area contributed by atoms with E-state index in [1.807, 2.05) is 66.7 Å². The Labute approximate surface area is 214 Å². The van der Waals surface area contributed by atoms with Crippen molar-refractivity contribution in [1.29, 1.82) is 0 Å². The Morgan fingerprint density at radius 2 is 1.74 bits per heavy atom. The molecule has 0 fully saturated rings. The van der Waals surface area contributed by atoms with Crippen LogP contribution in [0.15, 0.2) is 77.3 Å². The molecular formula is C27H28BrClN2O3. The predicted octanol–water partition coefficient (Wildman–Crippen LogP) is 5.43. The number of likely N-dealkylation sites (N-methyl/N-ethyl adjacent to an activating group) is 1. The fourth-order valence-electron chi connectivity index (χ4n) is 3.63. The van der Waals surface area contributed by atoms with Gasteiger partial charge in [-0.2, -0.15) is 0 Å². The molecule has 5 nitrogen and oxygen atoms in total. The summed E-state index contributed by atoms with van der Waals surface area (Å²) >= 11 is 9.91. The molecule has 3 rings (SSSR count). The highest BCUT2D eigenvalue weighted by molar-refractivity contribution is 9.10. The van der Waals surface area contributed by atoms with E-state index in [4.69, 9.17) is 16.3 Å². The first kappa shape index (κ1) is 25.8. The molecule has 0 heterocycles. The lowest BCUT2D eigenvalue weighted by Crippen LogP contribution is -2.51.